The van der Waals surface area contributed by atoms with Gasteiger partial charge in [-0.05, 0) is 60.5 Å². The van der Waals surface area contributed by atoms with Gasteiger partial charge in [-0.15, -0.1) is 11.3 Å². The second kappa shape index (κ2) is 8.01. The van der Waals surface area contributed by atoms with Crippen LogP contribution < -0.4 is 15.9 Å². The Hall–Kier alpha value is -3.19. The highest BCUT2D eigenvalue weighted by Crippen LogP contribution is 2.33. The quantitative estimate of drug-likeness (QED) is 0.509. The summed E-state index contributed by atoms with van der Waals surface area (Å²) in [5, 5.41) is 4.08. The first-order valence-corrected chi connectivity index (χ1v) is 8.94. The van der Waals surface area contributed by atoms with Crippen LogP contribution in [0.15, 0.2) is 59.7 Å². The van der Waals surface area contributed by atoms with E-state index in [1.54, 1.807) is 32.2 Å². The summed E-state index contributed by atoms with van der Waals surface area (Å²) in [6.07, 6.45) is 0. The van der Waals surface area contributed by atoms with Crippen molar-refractivity contribution in [2.45, 2.75) is 6.92 Å². The Morgan fingerprint density at radius 2 is 1.81 bits per heavy atom. The van der Waals surface area contributed by atoms with Crippen LogP contribution >= 0.6 is 11.3 Å². The van der Waals surface area contributed by atoms with Crippen molar-refractivity contribution in [1.82, 2.24) is 5.43 Å². The number of ether oxygens (including phenoxy) is 1. The third-order valence-corrected chi connectivity index (χ3v) is 5.13. The molecule has 0 aliphatic rings. The van der Waals surface area contributed by atoms with Crippen molar-refractivity contribution >= 4 is 28.6 Å². The zero-order chi connectivity index (χ0) is 19.4. The first kappa shape index (κ1) is 18.6. The van der Waals surface area contributed by atoms with Crippen LogP contribution in [0.2, 0.25) is 0 Å². The van der Waals surface area contributed by atoms with Crippen molar-refractivity contribution in [2.75, 3.05) is 12.8 Å². The summed E-state index contributed by atoms with van der Waals surface area (Å²) in [4.78, 5) is 13.7. The lowest BCUT2D eigenvalue weighted by molar-refractivity contribution is 0.0959. The second-order valence-electron chi connectivity index (χ2n) is 5.77. The molecule has 0 saturated carbocycles. The van der Waals surface area contributed by atoms with Gasteiger partial charge in [0.2, 0.25) is 0 Å². The number of methoxy groups -OCH3 is 1. The average molecular weight is 383 g/mol. The lowest BCUT2D eigenvalue weighted by atomic mass is 10.1. The third-order valence-electron chi connectivity index (χ3n) is 3.93. The van der Waals surface area contributed by atoms with Gasteiger partial charge >= 0.3 is 0 Å². The summed E-state index contributed by atoms with van der Waals surface area (Å²) in [6, 6.07) is 15.2. The average Bonchev–Trinajstić information content (AvgIpc) is 3.08. The van der Waals surface area contributed by atoms with Crippen molar-refractivity contribution in [3.63, 3.8) is 0 Å². The van der Waals surface area contributed by atoms with Gasteiger partial charge in [-0.2, -0.15) is 5.10 Å². The molecule has 0 bridgehead atoms. The van der Waals surface area contributed by atoms with Gasteiger partial charge in [0.25, 0.3) is 5.91 Å². The van der Waals surface area contributed by atoms with Gasteiger partial charge in [0.05, 0.1) is 18.5 Å². The van der Waals surface area contributed by atoms with Crippen LogP contribution in [0.1, 0.15) is 22.2 Å². The minimum atomic E-state index is -0.390. The number of nitrogen functional groups attached to an aromatic ring is 1. The third kappa shape index (κ3) is 4.32. The monoisotopic (exact) mass is 383 g/mol. The maximum atomic E-state index is 13.0. The maximum absolute atomic E-state index is 13.0. The molecule has 0 unspecified atom stereocenters. The van der Waals surface area contributed by atoms with Crippen LogP contribution in [0.4, 0.5) is 10.1 Å². The highest BCUT2D eigenvalue weighted by molar-refractivity contribution is 7.18. The molecule has 5 nitrogen and oxygen atoms in total. The number of halogens is 1. The summed E-state index contributed by atoms with van der Waals surface area (Å²) >= 11 is 1.29. The SMILES string of the molecule is COc1ccc(-c2cc(N)c(C(=O)N/N=C(/C)c3ccc(F)cc3)s2)cc1. The van der Waals surface area contributed by atoms with Gasteiger partial charge in [-0.25, -0.2) is 9.82 Å². The van der Waals surface area contributed by atoms with Gasteiger partial charge in [0.1, 0.15) is 16.4 Å². The Bertz CT molecular complexity index is 979. The van der Waals surface area contributed by atoms with Gasteiger partial charge in [0.15, 0.2) is 0 Å². The normalized spacial score (nSPS) is 11.3. The van der Waals surface area contributed by atoms with Crippen molar-refractivity contribution in [3.8, 4) is 16.2 Å². The number of rotatable bonds is 5. The van der Waals surface area contributed by atoms with E-state index in [1.165, 1.54) is 23.5 Å². The predicted octanol–water partition coefficient (Wildman–Crippen LogP) is 4.30. The molecule has 1 amide bonds. The fourth-order valence-corrected chi connectivity index (χ4v) is 3.40. The van der Waals surface area contributed by atoms with E-state index in [-0.39, 0.29) is 5.82 Å². The van der Waals surface area contributed by atoms with Crippen LogP contribution in [0, 0.1) is 5.82 Å². The Morgan fingerprint density at radius 1 is 1.15 bits per heavy atom. The first-order chi connectivity index (χ1) is 13.0. The summed E-state index contributed by atoms with van der Waals surface area (Å²) < 4.78 is 18.1. The molecular formula is C20H18FN3O2S. The van der Waals surface area contributed by atoms with Gasteiger partial charge < -0.3 is 10.5 Å². The molecule has 1 heterocycles. The van der Waals surface area contributed by atoms with E-state index in [0.717, 1.165) is 21.8 Å². The predicted molar refractivity (Wildman–Crippen MR) is 107 cm³/mol. The Morgan fingerprint density at radius 3 is 2.44 bits per heavy atom. The molecule has 0 fully saturated rings. The summed E-state index contributed by atoms with van der Waals surface area (Å²) in [5.74, 6) is 0.0404. The number of carbonyl (C=O) groups excluding carboxylic acids is 1. The number of carbonyl (C=O) groups is 1. The molecule has 3 rings (SSSR count). The number of amides is 1. The van der Waals surface area contributed by atoms with Crippen LogP contribution in [0.5, 0.6) is 5.75 Å². The number of nitrogens with two attached hydrogens (primary N) is 1. The van der Waals surface area contributed by atoms with Crippen LogP contribution in [0.25, 0.3) is 10.4 Å². The molecule has 0 saturated heterocycles. The minimum absolute atomic E-state index is 0.326. The smallest absolute Gasteiger partial charge is 0.283 e. The summed E-state index contributed by atoms with van der Waals surface area (Å²) in [7, 11) is 1.61. The number of anilines is 1. The topological polar surface area (TPSA) is 76.7 Å². The molecule has 0 aliphatic heterocycles. The lowest BCUT2D eigenvalue weighted by Gasteiger charge is -2.02. The molecule has 3 aromatic rings. The van der Waals surface area contributed by atoms with Crippen molar-refractivity contribution < 1.29 is 13.9 Å². The largest absolute Gasteiger partial charge is 0.497 e. The second-order valence-corrected chi connectivity index (χ2v) is 6.82. The molecular weight excluding hydrogens is 365 g/mol. The molecule has 27 heavy (non-hydrogen) atoms. The number of hydrogen-bond donors (Lipinski definition) is 2. The Labute approximate surface area is 160 Å². The van der Waals surface area contributed by atoms with Crippen LogP contribution in [0.3, 0.4) is 0 Å². The molecule has 0 radical (unpaired) electrons. The van der Waals surface area contributed by atoms with E-state index in [2.05, 4.69) is 10.5 Å². The molecule has 138 valence electrons. The molecule has 0 atom stereocenters. The fraction of sp³-hybridized carbons (Fsp3) is 0.100. The molecule has 1 aromatic heterocycles. The van der Waals surface area contributed by atoms with Crippen molar-refractivity contribution in [3.05, 3.63) is 70.9 Å². The number of nitrogens with one attached hydrogen (secondary N) is 1. The Balaban J connectivity index is 1.75. The Kier molecular flexibility index (Phi) is 5.52. The van der Waals surface area contributed by atoms with Gasteiger partial charge in [-0.3, -0.25) is 4.79 Å². The molecule has 7 heteroatoms. The van der Waals surface area contributed by atoms with Crippen molar-refractivity contribution in [1.29, 1.82) is 0 Å². The number of nitrogens with zero attached hydrogens (tertiary/aromatic N) is 1. The molecule has 2 aromatic carbocycles. The highest BCUT2D eigenvalue weighted by Gasteiger charge is 2.15. The summed E-state index contributed by atoms with van der Waals surface area (Å²) in [5.41, 5.74) is 11.1. The van der Waals surface area contributed by atoms with Crippen LogP contribution in [-0.2, 0) is 0 Å². The minimum Gasteiger partial charge on any atom is -0.497 e. The van der Waals surface area contributed by atoms with E-state index in [1.807, 2.05) is 24.3 Å². The van der Waals surface area contributed by atoms with E-state index in [9.17, 15) is 9.18 Å². The fourth-order valence-electron chi connectivity index (χ4n) is 2.42. The van der Waals surface area contributed by atoms with E-state index < -0.39 is 5.91 Å². The molecule has 0 aliphatic carbocycles. The van der Waals surface area contributed by atoms with E-state index >= 15 is 0 Å². The maximum Gasteiger partial charge on any atom is 0.283 e. The number of thiophene rings is 1. The van der Waals surface area contributed by atoms with Crippen LogP contribution in [-0.4, -0.2) is 18.7 Å². The first-order valence-electron chi connectivity index (χ1n) is 8.12. The van der Waals surface area contributed by atoms with E-state index in [4.69, 9.17) is 10.5 Å². The van der Waals surface area contributed by atoms with E-state index in [0.29, 0.717) is 16.3 Å². The number of hydrogen-bond acceptors (Lipinski definition) is 5. The van der Waals surface area contributed by atoms with Crippen molar-refractivity contribution in [2.24, 2.45) is 5.10 Å². The lowest BCUT2D eigenvalue weighted by Crippen LogP contribution is -2.19. The zero-order valence-corrected chi connectivity index (χ0v) is 15.6. The number of benzene rings is 2. The molecule has 0 spiro atoms. The standard InChI is InChI=1S/C20H18FN3O2S/c1-12(13-3-7-15(21)8-4-13)23-24-20(25)19-17(22)11-18(27-19)14-5-9-16(26-2)10-6-14/h3-11H,22H2,1-2H3,(H,24,25)/b23-12-. The number of hydrazone groups is 1. The summed E-state index contributed by atoms with van der Waals surface area (Å²) in [6.45, 7) is 1.73. The van der Waals surface area contributed by atoms with Gasteiger partial charge in [-0.1, -0.05) is 12.1 Å². The van der Waals surface area contributed by atoms with Gasteiger partial charge in [0, 0.05) is 4.88 Å². The molecule has 3 N–H and O–H groups in total. The zero-order valence-electron chi connectivity index (χ0n) is 14.8. The highest BCUT2D eigenvalue weighted by atomic mass is 32.1.